The molecule has 0 unspecified atom stereocenters. The molecule has 0 saturated heterocycles. The molecule has 0 spiro atoms. The summed E-state index contributed by atoms with van der Waals surface area (Å²) in [6.07, 6.45) is 3.59. The molecule has 18 heavy (non-hydrogen) atoms. The zero-order chi connectivity index (χ0) is 12.4. The van der Waals surface area contributed by atoms with Gasteiger partial charge in [-0.3, -0.25) is 0 Å². The molecule has 3 aromatic rings. The van der Waals surface area contributed by atoms with Gasteiger partial charge in [-0.15, -0.1) is 0 Å². The second kappa shape index (κ2) is 4.50. The number of H-pyrrole nitrogens is 1. The van der Waals surface area contributed by atoms with Gasteiger partial charge in [-0.1, -0.05) is 6.07 Å². The van der Waals surface area contributed by atoms with Crippen LogP contribution in [-0.4, -0.2) is 9.97 Å². The van der Waals surface area contributed by atoms with E-state index in [2.05, 4.69) is 9.97 Å². The highest BCUT2D eigenvalue weighted by Crippen LogP contribution is 2.28. The first-order valence-electron chi connectivity index (χ1n) is 5.76. The van der Waals surface area contributed by atoms with E-state index in [0.29, 0.717) is 12.4 Å². The molecule has 3 rings (SSSR count). The first-order valence-corrected chi connectivity index (χ1v) is 5.76. The van der Waals surface area contributed by atoms with E-state index in [1.807, 2.05) is 42.6 Å². The molecule has 2 aromatic heterocycles. The predicted octanol–water partition coefficient (Wildman–Crippen LogP) is 2.81. The number of rotatable bonds is 3. The molecular formula is C14H13N3O. The zero-order valence-corrected chi connectivity index (χ0v) is 9.76. The number of ether oxygens (including phenoxy) is 1. The maximum absolute atomic E-state index is 5.81. The first-order chi connectivity index (χ1) is 8.86. The Hall–Kier alpha value is -2.33. The topological polar surface area (TPSA) is 63.9 Å². The minimum Gasteiger partial charge on any atom is -0.438 e. The molecule has 0 aliphatic heterocycles. The molecule has 90 valence electrons. The van der Waals surface area contributed by atoms with Crippen LogP contribution in [0.25, 0.3) is 10.9 Å². The monoisotopic (exact) mass is 239 g/mol. The molecule has 0 saturated carbocycles. The van der Waals surface area contributed by atoms with Crippen LogP contribution in [0.15, 0.2) is 48.8 Å². The number of fused-ring (bicyclic) bond motifs is 1. The third kappa shape index (κ3) is 1.94. The van der Waals surface area contributed by atoms with Gasteiger partial charge in [0.15, 0.2) is 0 Å². The Bertz CT molecular complexity index is 675. The predicted molar refractivity (Wildman–Crippen MR) is 70.5 cm³/mol. The van der Waals surface area contributed by atoms with Crippen molar-refractivity contribution in [3.8, 4) is 11.6 Å². The Balaban J connectivity index is 1.98. The number of benzene rings is 1. The van der Waals surface area contributed by atoms with Gasteiger partial charge in [0.25, 0.3) is 0 Å². The highest BCUT2D eigenvalue weighted by Gasteiger charge is 2.05. The van der Waals surface area contributed by atoms with Crippen LogP contribution in [0.3, 0.4) is 0 Å². The summed E-state index contributed by atoms with van der Waals surface area (Å²) in [5.41, 5.74) is 7.64. The van der Waals surface area contributed by atoms with Crippen LogP contribution in [-0.2, 0) is 6.54 Å². The number of nitrogens with two attached hydrogens (primary N) is 1. The number of nitrogens with one attached hydrogen (secondary N) is 1. The molecule has 0 aliphatic carbocycles. The number of aromatic amines is 1. The van der Waals surface area contributed by atoms with Crippen molar-refractivity contribution in [2.75, 3.05) is 0 Å². The summed E-state index contributed by atoms with van der Waals surface area (Å²) in [5, 5.41) is 1.04. The van der Waals surface area contributed by atoms with E-state index in [9.17, 15) is 0 Å². The van der Waals surface area contributed by atoms with Gasteiger partial charge in [-0.25, -0.2) is 4.98 Å². The normalized spacial score (nSPS) is 10.7. The summed E-state index contributed by atoms with van der Waals surface area (Å²) in [6.45, 7) is 0.479. The summed E-state index contributed by atoms with van der Waals surface area (Å²) in [6, 6.07) is 11.6. The quantitative estimate of drug-likeness (QED) is 0.738. The van der Waals surface area contributed by atoms with Crippen molar-refractivity contribution in [3.63, 3.8) is 0 Å². The SMILES string of the molecule is NCc1ccnc(Oc2cccc3[nH]ccc23)c1. The fraction of sp³-hybridized carbons (Fsp3) is 0.0714. The second-order valence-electron chi connectivity index (χ2n) is 4.00. The average molecular weight is 239 g/mol. The molecular weight excluding hydrogens is 226 g/mol. The lowest BCUT2D eigenvalue weighted by atomic mass is 10.2. The van der Waals surface area contributed by atoms with E-state index >= 15 is 0 Å². The first kappa shape index (κ1) is 10.8. The maximum Gasteiger partial charge on any atom is 0.219 e. The lowest BCUT2D eigenvalue weighted by Gasteiger charge is -2.06. The smallest absolute Gasteiger partial charge is 0.219 e. The van der Waals surface area contributed by atoms with E-state index in [1.54, 1.807) is 6.20 Å². The maximum atomic E-state index is 5.81. The summed E-state index contributed by atoms with van der Waals surface area (Å²) < 4.78 is 5.81. The van der Waals surface area contributed by atoms with Gasteiger partial charge >= 0.3 is 0 Å². The molecule has 1 aromatic carbocycles. The number of hydrogen-bond donors (Lipinski definition) is 2. The van der Waals surface area contributed by atoms with E-state index < -0.39 is 0 Å². The van der Waals surface area contributed by atoms with Crippen LogP contribution >= 0.6 is 0 Å². The van der Waals surface area contributed by atoms with Crippen molar-refractivity contribution in [2.24, 2.45) is 5.73 Å². The third-order valence-corrected chi connectivity index (χ3v) is 2.80. The van der Waals surface area contributed by atoms with Crippen LogP contribution in [0.4, 0.5) is 0 Å². The fourth-order valence-corrected chi connectivity index (χ4v) is 1.89. The summed E-state index contributed by atoms with van der Waals surface area (Å²) in [7, 11) is 0. The van der Waals surface area contributed by atoms with Gasteiger partial charge in [0.05, 0.1) is 0 Å². The van der Waals surface area contributed by atoms with Gasteiger partial charge in [-0.05, 0) is 29.8 Å². The van der Waals surface area contributed by atoms with Crippen molar-refractivity contribution in [2.45, 2.75) is 6.54 Å². The molecule has 4 heteroatoms. The Morgan fingerprint density at radius 2 is 2.17 bits per heavy atom. The largest absolute Gasteiger partial charge is 0.438 e. The minimum absolute atomic E-state index is 0.479. The van der Waals surface area contributed by atoms with Crippen molar-refractivity contribution in [1.29, 1.82) is 0 Å². The number of aromatic nitrogens is 2. The van der Waals surface area contributed by atoms with E-state index in [-0.39, 0.29) is 0 Å². The zero-order valence-electron chi connectivity index (χ0n) is 9.76. The fourth-order valence-electron chi connectivity index (χ4n) is 1.89. The van der Waals surface area contributed by atoms with Gasteiger partial charge in [0, 0.05) is 35.9 Å². The Kier molecular flexibility index (Phi) is 2.70. The van der Waals surface area contributed by atoms with E-state index in [0.717, 1.165) is 22.2 Å². The van der Waals surface area contributed by atoms with Crippen LogP contribution in [0, 0.1) is 0 Å². The lowest BCUT2D eigenvalue weighted by Crippen LogP contribution is -1.97. The molecule has 0 radical (unpaired) electrons. The molecule has 0 bridgehead atoms. The summed E-state index contributed by atoms with van der Waals surface area (Å²) >= 11 is 0. The van der Waals surface area contributed by atoms with Crippen LogP contribution in [0.2, 0.25) is 0 Å². The average Bonchev–Trinajstić information content (AvgIpc) is 2.88. The molecule has 0 fully saturated rings. The van der Waals surface area contributed by atoms with Crippen molar-refractivity contribution >= 4 is 10.9 Å². The van der Waals surface area contributed by atoms with Gasteiger partial charge in [0.1, 0.15) is 5.75 Å². The van der Waals surface area contributed by atoms with E-state index in [4.69, 9.17) is 10.5 Å². The molecule has 0 aliphatic rings. The van der Waals surface area contributed by atoms with Gasteiger partial charge in [-0.2, -0.15) is 0 Å². The van der Waals surface area contributed by atoms with Crippen molar-refractivity contribution < 1.29 is 4.74 Å². The highest BCUT2D eigenvalue weighted by atomic mass is 16.5. The number of pyridine rings is 1. The van der Waals surface area contributed by atoms with Gasteiger partial charge in [0.2, 0.25) is 5.88 Å². The van der Waals surface area contributed by atoms with Crippen LogP contribution < -0.4 is 10.5 Å². The number of nitrogens with zero attached hydrogens (tertiary/aromatic N) is 1. The van der Waals surface area contributed by atoms with Crippen LogP contribution in [0.5, 0.6) is 11.6 Å². The van der Waals surface area contributed by atoms with Crippen molar-refractivity contribution in [1.82, 2.24) is 9.97 Å². The summed E-state index contributed by atoms with van der Waals surface area (Å²) in [5.74, 6) is 1.35. The molecule has 4 nitrogen and oxygen atoms in total. The Morgan fingerprint density at radius 1 is 1.22 bits per heavy atom. The van der Waals surface area contributed by atoms with Crippen LogP contribution in [0.1, 0.15) is 5.56 Å². The summed E-state index contributed by atoms with van der Waals surface area (Å²) in [4.78, 5) is 7.33. The Labute approximate surface area is 104 Å². The lowest BCUT2D eigenvalue weighted by molar-refractivity contribution is 0.467. The minimum atomic E-state index is 0.479. The molecule has 0 amide bonds. The van der Waals surface area contributed by atoms with E-state index in [1.165, 1.54) is 0 Å². The second-order valence-corrected chi connectivity index (χ2v) is 4.00. The highest BCUT2D eigenvalue weighted by molar-refractivity contribution is 5.85. The standard InChI is InChI=1S/C14H13N3O/c15-9-10-4-6-17-14(8-10)18-13-3-1-2-12-11(13)5-7-16-12/h1-8,16H,9,15H2. The van der Waals surface area contributed by atoms with Gasteiger partial charge < -0.3 is 15.5 Å². The molecule has 0 atom stereocenters. The molecule has 2 heterocycles. The third-order valence-electron chi connectivity index (χ3n) is 2.80. The number of hydrogen-bond acceptors (Lipinski definition) is 3. The van der Waals surface area contributed by atoms with Crippen molar-refractivity contribution in [3.05, 3.63) is 54.4 Å². The Morgan fingerprint density at radius 3 is 3.06 bits per heavy atom. The molecule has 3 N–H and O–H groups in total.